The zero-order valence-corrected chi connectivity index (χ0v) is 35.7. The third-order valence-corrected chi connectivity index (χ3v) is 13.3. The Bertz CT molecular complexity index is 2990. The van der Waals surface area contributed by atoms with E-state index in [9.17, 15) is 19.2 Å². The first-order valence-electron chi connectivity index (χ1n) is 22.0. The standard InChI is InChI=1S/C50H46N8O7/c1-51-49(61)65-45(28-9-4-3-5-10-28)48(60)58-39-23-32(39)25-41(58)46-52-35-20-17-29(21-37(35)54-46)27-15-18-33(19-16-27)64-42-14-8-13-36-44(42)56-47(53-36)40-24-31-22-38(31)57(40)43(59)26-30-11-6-7-12-34(30)55-50(62)63-2/h3-21,31-32,38-41,45H,22-26H2,1-2H3,(H,51,61)(H,52,54)(H,53,56)(H,55,62)/t31-,32?,38-,39?,40+,41?,45?/m1/s1. The van der Waals surface area contributed by atoms with Crippen LogP contribution in [-0.4, -0.2) is 80.0 Å². The van der Waals surface area contributed by atoms with Crippen LogP contribution < -0.4 is 15.4 Å². The second kappa shape index (κ2) is 16.1. The van der Waals surface area contributed by atoms with Crippen LogP contribution in [0.25, 0.3) is 33.2 Å². The van der Waals surface area contributed by atoms with E-state index in [1.807, 2.05) is 101 Å². The number of carbonyl (C=O) groups excluding carboxylic acids is 4. The highest BCUT2D eigenvalue weighted by molar-refractivity contribution is 5.89. The molecule has 15 heteroatoms. The molecule has 11 rings (SSSR count). The van der Waals surface area contributed by atoms with Crippen molar-refractivity contribution in [2.45, 2.75) is 62.4 Å². The fraction of sp³-hybridized carbons (Fsp3) is 0.280. The Morgan fingerprint density at radius 2 is 1.42 bits per heavy atom. The van der Waals surface area contributed by atoms with E-state index in [1.165, 1.54) is 14.2 Å². The van der Waals surface area contributed by atoms with Crippen molar-refractivity contribution >= 4 is 51.8 Å². The Morgan fingerprint density at radius 1 is 0.723 bits per heavy atom. The van der Waals surface area contributed by atoms with E-state index < -0.39 is 18.3 Å². The summed E-state index contributed by atoms with van der Waals surface area (Å²) in [6.45, 7) is 0. The highest BCUT2D eigenvalue weighted by Crippen LogP contribution is 2.55. The number of fused-ring (bicyclic) bond motifs is 4. The lowest BCUT2D eigenvalue weighted by atomic mass is 10.1. The van der Waals surface area contributed by atoms with Gasteiger partial charge < -0.3 is 39.3 Å². The molecule has 5 aromatic carbocycles. The zero-order chi connectivity index (χ0) is 44.3. The van der Waals surface area contributed by atoms with Crippen LogP contribution in [0.3, 0.4) is 0 Å². The SMILES string of the molecule is CNC(=O)OC(C(=O)N1C(c2nc3ccc(-c4ccc(Oc5cccc6[nH]c([C@@H]7C[C@H]8C[C@H]8N7C(=O)Cc7ccccc7NC(=O)OC)nc56)cc4)cc3[nH]2)CC2CC21)c1ccccc1. The Kier molecular flexibility index (Phi) is 9.97. The van der Waals surface area contributed by atoms with Crippen molar-refractivity contribution in [1.29, 1.82) is 0 Å². The second-order valence-corrected chi connectivity index (χ2v) is 17.3. The van der Waals surface area contributed by atoms with Gasteiger partial charge in [-0.2, -0.15) is 0 Å². The van der Waals surface area contributed by atoms with Gasteiger partial charge in [-0.3, -0.25) is 14.9 Å². The Morgan fingerprint density at radius 3 is 2.18 bits per heavy atom. The van der Waals surface area contributed by atoms with E-state index in [0.29, 0.717) is 45.9 Å². The van der Waals surface area contributed by atoms with Gasteiger partial charge in [0.25, 0.3) is 5.91 Å². The number of likely N-dealkylation sites (tertiary alicyclic amines) is 2. The summed E-state index contributed by atoms with van der Waals surface area (Å²) in [6, 6.07) is 35.9. The summed E-state index contributed by atoms with van der Waals surface area (Å²) in [7, 11) is 2.79. The number of carbonyl (C=O) groups is 4. The van der Waals surface area contributed by atoms with E-state index >= 15 is 0 Å². The maximum atomic E-state index is 14.2. The van der Waals surface area contributed by atoms with E-state index in [0.717, 1.165) is 64.7 Å². The summed E-state index contributed by atoms with van der Waals surface area (Å²) in [4.78, 5) is 73.3. The molecular weight excluding hydrogens is 825 g/mol. The normalized spacial score (nSPS) is 21.9. The molecule has 65 heavy (non-hydrogen) atoms. The number of rotatable bonds is 11. The highest BCUT2D eigenvalue weighted by atomic mass is 16.6. The number of alkyl carbamates (subject to hydrolysis) is 1. The molecule has 0 bridgehead atoms. The summed E-state index contributed by atoms with van der Waals surface area (Å²) < 4.78 is 16.9. The Balaban J connectivity index is 0.791. The predicted molar refractivity (Wildman–Crippen MR) is 241 cm³/mol. The van der Waals surface area contributed by atoms with Gasteiger partial charge in [0.15, 0.2) is 5.75 Å². The maximum Gasteiger partial charge on any atom is 0.411 e. The molecule has 2 aliphatic carbocycles. The number of piperidine rings is 2. The van der Waals surface area contributed by atoms with Crippen LogP contribution in [0.4, 0.5) is 15.3 Å². The van der Waals surface area contributed by atoms with Crippen molar-refractivity contribution in [1.82, 2.24) is 35.1 Å². The molecule has 0 radical (unpaired) electrons. The van der Waals surface area contributed by atoms with Crippen molar-refractivity contribution in [2.75, 3.05) is 19.5 Å². The van der Waals surface area contributed by atoms with Crippen LogP contribution in [0.15, 0.2) is 115 Å². The molecule has 2 aromatic heterocycles. The number of imidazole rings is 2. The fourth-order valence-electron chi connectivity index (χ4n) is 9.95. The van der Waals surface area contributed by atoms with Gasteiger partial charge in [-0.25, -0.2) is 19.6 Å². The number of benzene rings is 5. The predicted octanol–water partition coefficient (Wildman–Crippen LogP) is 8.74. The average molecular weight is 871 g/mol. The van der Waals surface area contributed by atoms with Crippen molar-refractivity contribution in [3.8, 4) is 22.6 Å². The molecule has 4 unspecified atom stereocenters. The quantitative estimate of drug-likeness (QED) is 0.0987. The van der Waals surface area contributed by atoms with Gasteiger partial charge in [0.05, 0.1) is 42.2 Å². The minimum Gasteiger partial charge on any atom is -0.455 e. The number of anilines is 1. The molecule has 4 amide bonds. The van der Waals surface area contributed by atoms with Crippen LogP contribution in [0.2, 0.25) is 0 Å². The number of H-pyrrole nitrogens is 2. The number of amides is 4. The summed E-state index contributed by atoms with van der Waals surface area (Å²) in [5, 5.41) is 5.20. The number of ether oxygens (including phenoxy) is 3. The molecule has 7 aromatic rings. The summed E-state index contributed by atoms with van der Waals surface area (Å²) in [5.41, 5.74) is 7.01. The van der Waals surface area contributed by atoms with E-state index in [-0.39, 0.29) is 42.4 Å². The van der Waals surface area contributed by atoms with Gasteiger partial charge in [-0.15, -0.1) is 0 Å². The Labute approximate surface area is 373 Å². The summed E-state index contributed by atoms with van der Waals surface area (Å²) in [6.07, 6.45) is 1.32. The Hall–Kier alpha value is -7.68. The molecular formula is C50H46N8O7. The van der Waals surface area contributed by atoms with Crippen molar-refractivity contribution in [2.24, 2.45) is 11.8 Å². The molecule has 0 spiro atoms. The van der Waals surface area contributed by atoms with Gasteiger partial charge in [0.2, 0.25) is 12.0 Å². The summed E-state index contributed by atoms with van der Waals surface area (Å²) in [5.74, 6) is 3.22. The van der Waals surface area contributed by atoms with Crippen LogP contribution in [0.1, 0.15) is 66.6 Å². The minimum atomic E-state index is -1.07. The molecule has 15 nitrogen and oxygen atoms in total. The smallest absolute Gasteiger partial charge is 0.411 e. The van der Waals surface area contributed by atoms with Gasteiger partial charge in [-0.05, 0) is 96.7 Å². The van der Waals surface area contributed by atoms with E-state index in [1.54, 1.807) is 18.2 Å². The first-order chi connectivity index (χ1) is 31.7. The summed E-state index contributed by atoms with van der Waals surface area (Å²) >= 11 is 0. The van der Waals surface area contributed by atoms with Crippen molar-refractivity contribution < 1.29 is 33.4 Å². The van der Waals surface area contributed by atoms with Crippen LogP contribution in [0, 0.1) is 11.8 Å². The van der Waals surface area contributed by atoms with Gasteiger partial charge >= 0.3 is 12.2 Å². The number of aromatic amines is 2. The van der Waals surface area contributed by atoms with Gasteiger partial charge in [0.1, 0.15) is 22.9 Å². The molecule has 7 atom stereocenters. The largest absolute Gasteiger partial charge is 0.455 e. The third-order valence-electron chi connectivity index (χ3n) is 13.3. The highest BCUT2D eigenvalue weighted by Gasteiger charge is 2.57. The van der Waals surface area contributed by atoms with E-state index in [2.05, 4.69) is 26.7 Å². The van der Waals surface area contributed by atoms with Crippen LogP contribution in [0.5, 0.6) is 11.5 Å². The van der Waals surface area contributed by atoms with Gasteiger partial charge in [-0.1, -0.05) is 72.8 Å². The number of hydrogen-bond donors (Lipinski definition) is 4. The van der Waals surface area contributed by atoms with Crippen LogP contribution in [-0.2, 0) is 25.5 Å². The maximum absolute atomic E-state index is 14.2. The minimum absolute atomic E-state index is 0.0183. The van der Waals surface area contributed by atoms with Crippen molar-refractivity contribution in [3.63, 3.8) is 0 Å². The monoisotopic (exact) mass is 870 g/mol. The number of para-hydroxylation sites is 2. The number of hydrogen-bond acceptors (Lipinski definition) is 9. The molecule has 4 fully saturated rings. The average Bonchev–Trinajstić information content (AvgIpc) is 3.98. The molecule has 2 saturated carbocycles. The fourth-order valence-corrected chi connectivity index (χ4v) is 9.95. The lowest BCUT2D eigenvalue weighted by Crippen LogP contribution is -2.40. The molecule has 4 heterocycles. The van der Waals surface area contributed by atoms with Gasteiger partial charge in [0, 0.05) is 30.4 Å². The molecule has 2 aliphatic heterocycles. The van der Waals surface area contributed by atoms with Crippen LogP contribution >= 0.6 is 0 Å². The number of aromatic nitrogens is 4. The first-order valence-corrected chi connectivity index (χ1v) is 22.0. The lowest BCUT2D eigenvalue weighted by Gasteiger charge is -2.30. The molecule has 2 saturated heterocycles. The number of methoxy groups -OCH3 is 1. The number of nitrogens with one attached hydrogen (secondary N) is 4. The van der Waals surface area contributed by atoms with Crippen molar-refractivity contribution in [3.05, 3.63) is 138 Å². The number of nitrogens with zero attached hydrogens (tertiary/aromatic N) is 4. The second-order valence-electron chi connectivity index (χ2n) is 17.3. The lowest BCUT2D eigenvalue weighted by molar-refractivity contribution is -0.143. The zero-order valence-electron chi connectivity index (χ0n) is 35.7. The van der Waals surface area contributed by atoms with E-state index in [4.69, 9.17) is 24.2 Å². The molecule has 328 valence electrons. The topological polar surface area (TPSA) is 184 Å². The molecule has 4 aliphatic rings. The third kappa shape index (κ3) is 7.55. The first kappa shape index (κ1) is 40.1. The molecule has 4 N–H and O–H groups in total.